The Balaban J connectivity index is 2.68. The van der Waals surface area contributed by atoms with E-state index in [0.717, 1.165) is 12.8 Å². The van der Waals surface area contributed by atoms with Gasteiger partial charge in [-0.2, -0.15) is 0 Å². The number of nitrogens with zero attached hydrogens (tertiary/aromatic N) is 1. The summed E-state index contributed by atoms with van der Waals surface area (Å²) in [6.45, 7) is 3.16. The van der Waals surface area contributed by atoms with Crippen molar-refractivity contribution in [1.29, 1.82) is 0 Å². The summed E-state index contributed by atoms with van der Waals surface area (Å²) < 4.78 is 5.06. The van der Waals surface area contributed by atoms with E-state index in [1.807, 2.05) is 5.38 Å². The summed E-state index contributed by atoms with van der Waals surface area (Å²) in [5.41, 5.74) is 0. The monoisotopic (exact) mass is 257 g/mol. The number of aliphatic hydroxyl groups excluding tert-OH is 1. The minimum Gasteiger partial charge on any atom is -0.496 e. The first-order valence-electron chi connectivity index (χ1n) is 5.75. The summed E-state index contributed by atoms with van der Waals surface area (Å²) in [5, 5.41) is 10.8. The summed E-state index contributed by atoms with van der Waals surface area (Å²) in [4.78, 5) is 14.5. The Kier molecular flexibility index (Phi) is 6.00. The fourth-order valence-corrected chi connectivity index (χ4v) is 2.30. The number of amides is 1. The molecule has 1 N–H and O–H groups in total. The lowest BCUT2D eigenvalue weighted by atomic mass is 10.3. The van der Waals surface area contributed by atoms with E-state index < -0.39 is 0 Å². The highest BCUT2D eigenvalue weighted by Gasteiger charge is 2.16. The van der Waals surface area contributed by atoms with Gasteiger partial charge in [-0.3, -0.25) is 4.79 Å². The standard InChI is InChI=1S/C12H19NO3S/c1-3-4-5-13(6-7-14)12(15)11-8-10(16-2)9-17-11/h8-9,14H,3-7H2,1-2H3. The lowest BCUT2D eigenvalue weighted by molar-refractivity contribution is 0.0724. The number of ether oxygens (including phenoxy) is 1. The van der Waals surface area contributed by atoms with Crippen molar-refractivity contribution in [2.45, 2.75) is 19.8 Å². The van der Waals surface area contributed by atoms with Crippen LogP contribution in [0.4, 0.5) is 0 Å². The number of carbonyl (C=O) groups is 1. The molecule has 96 valence electrons. The van der Waals surface area contributed by atoms with Crippen LogP contribution in [0.25, 0.3) is 0 Å². The van der Waals surface area contributed by atoms with Gasteiger partial charge in [-0.05, 0) is 6.42 Å². The van der Waals surface area contributed by atoms with Gasteiger partial charge >= 0.3 is 0 Å². The first-order valence-corrected chi connectivity index (χ1v) is 6.63. The van der Waals surface area contributed by atoms with E-state index in [0.29, 0.717) is 23.7 Å². The van der Waals surface area contributed by atoms with Crippen LogP contribution in [0.1, 0.15) is 29.4 Å². The van der Waals surface area contributed by atoms with Crippen LogP contribution >= 0.6 is 11.3 Å². The number of hydrogen-bond donors (Lipinski definition) is 1. The van der Waals surface area contributed by atoms with Crippen LogP contribution in [0.3, 0.4) is 0 Å². The van der Waals surface area contributed by atoms with Gasteiger partial charge in [-0.1, -0.05) is 13.3 Å². The van der Waals surface area contributed by atoms with Crippen molar-refractivity contribution in [2.75, 3.05) is 26.8 Å². The quantitative estimate of drug-likeness (QED) is 0.812. The van der Waals surface area contributed by atoms with Crippen LogP contribution in [0.15, 0.2) is 11.4 Å². The van der Waals surface area contributed by atoms with E-state index in [9.17, 15) is 4.79 Å². The predicted octanol–water partition coefficient (Wildman–Crippen LogP) is 1.99. The first kappa shape index (κ1) is 14.0. The third-order valence-corrected chi connectivity index (χ3v) is 3.36. The SMILES string of the molecule is CCCCN(CCO)C(=O)c1cc(OC)cs1. The molecule has 4 nitrogen and oxygen atoms in total. The maximum Gasteiger partial charge on any atom is 0.264 e. The molecule has 0 fully saturated rings. The second kappa shape index (κ2) is 7.29. The van der Waals surface area contributed by atoms with Gasteiger partial charge in [-0.25, -0.2) is 0 Å². The van der Waals surface area contributed by atoms with Gasteiger partial charge in [0.15, 0.2) is 0 Å². The molecule has 1 amide bonds. The van der Waals surface area contributed by atoms with Crippen molar-refractivity contribution in [3.8, 4) is 5.75 Å². The molecule has 0 saturated heterocycles. The average molecular weight is 257 g/mol. The fraction of sp³-hybridized carbons (Fsp3) is 0.583. The molecular formula is C12H19NO3S. The molecule has 0 aliphatic heterocycles. The molecule has 0 aromatic carbocycles. The molecule has 0 bridgehead atoms. The predicted molar refractivity (Wildman–Crippen MR) is 68.8 cm³/mol. The van der Waals surface area contributed by atoms with Crippen molar-refractivity contribution in [3.05, 3.63) is 16.3 Å². The first-order chi connectivity index (χ1) is 8.22. The molecule has 1 heterocycles. The number of rotatable bonds is 7. The highest BCUT2D eigenvalue weighted by atomic mass is 32.1. The lowest BCUT2D eigenvalue weighted by Crippen LogP contribution is -2.33. The third-order valence-electron chi connectivity index (χ3n) is 2.46. The molecule has 1 aromatic heterocycles. The highest BCUT2D eigenvalue weighted by molar-refractivity contribution is 7.12. The summed E-state index contributed by atoms with van der Waals surface area (Å²) >= 11 is 1.37. The van der Waals surface area contributed by atoms with Gasteiger partial charge in [0.1, 0.15) is 5.75 Å². The Labute approximate surface area is 106 Å². The van der Waals surface area contributed by atoms with Crippen LogP contribution in [0, 0.1) is 0 Å². The fourth-order valence-electron chi connectivity index (χ4n) is 1.48. The molecule has 0 saturated carbocycles. The van der Waals surface area contributed by atoms with Gasteiger partial charge in [0, 0.05) is 24.5 Å². The average Bonchev–Trinajstić information content (AvgIpc) is 2.82. The van der Waals surface area contributed by atoms with Crippen molar-refractivity contribution >= 4 is 17.2 Å². The van der Waals surface area contributed by atoms with Crippen molar-refractivity contribution in [2.24, 2.45) is 0 Å². The van der Waals surface area contributed by atoms with E-state index >= 15 is 0 Å². The molecule has 1 rings (SSSR count). The number of unbranched alkanes of at least 4 members (excludes halogenated alkanes) is 1. The van der Waals surface area contributed by atoms with E-state index in [1.165, 1.54) is 11.3 Å². The Bertz CT molecular complexity index is 351. The smallest absolute Gasteiger partial charge is 0.264 e. The number of aliphatic hydroxyl groups is 1. The number of methoxy groups -OCH3 is 1. The molecule has 0 aliphatic carbocycles. The normalized spacial score (nSPS) is 10.3. The van der Waals surface area contributed by atoms with Crippen molar-refractivity contribution in [3.63, 3.8) is 0 Å². The Morgan fingerprint density at radius 3 is 2.82 bits per heavy atom. The van der Waals surface area contributed by atoms with Gasteiger partial charge in [0.2, 0.25) is 0 Å². The number of hydrogen-bond acceptors (Lipinski definition) is 4. The van der Waals surface area contributed by atoms with Gasteiger partial charge in [-0.15, -0.1) is 11.3 Å². The third kappa shape index (κ3) is 4.02. The molecule has 0 spiro atoms. The zero-order valence-electron chi connectivity index (χ0n) is 10.3. The van der Waals surface area contributed by atoms with Crippen LogP contribution in [-0.4, -0.2) is 42.7 Å². The molecule has 0 atom stereocenters. The van der Waals surface area contributed by atoms with Crippen LogP contribution < -0.4 is 4.74 Å². The van der Waals surface area contributed by atoms with E-state index in [1.54, 1.807) is 18.1 Å². The van der Waals surface area contributed by atoms with Crippen molar-refractivity contribution < 1.29 is 14.6 Å². The molecule has 5 heteroatoms. The highest BCUT2D eigenvalue weighted by Crippen LogP contribution is 2.22. The minimum absolute atomic E-state index is 0.00202. The second-order valence-electron chi connectivity index (χ2n) is 3.72. The largest absolute Gasteiger partial charge is 0.496 e. The van der Waals surface area contributed by atoms with Crippen LogP contribution in [-0.2, 0) is 0 Å². The Hall–Kier alpha value is -1.07. The van der Waals surface area contributed by atoms with Crippen LogP contribution in [0.5, 0.6) is 5.75 Å². The maximum atomic E-state index is 12.1. The van der Waals surface area contributed by atoms with Gasteiger partial charge in [0.25, 0.3) is 5.91 Å². The zero-order valence-corrected chi connectivity index (χ0v) is 11.1. The molecule has 0 unspecified atom stereocenters. The number of thiophene rings is 1. The maximum absolute atomic E-state index is 12.1. The molecular weight excluding hydrogens is 238 g/mol. The minimum atomic E-state index is -0.0270. The molecule has 0 radical (unpaired) electrons. The van der Waals surface area contributed by atoms with Crippen LogP contribution in [0.2, 0.25) is 0 Å². The van der Waals surface area contributed by atoms with Gasteiger partial charge in [0.05, 0.1) is 18.6 Å². The van der Waals surface area contributed by atoms with E-state index in [2.05, 4.69) is 6.92 Å². The Morgan fingerprint density at radius 2 is 2.29 bits per heavy atom. The van der Waals surface area contributed by atoms with E-state index in [4.69, 9.17) is 9.84 Å². The lowest BCUT2D eigenvalue weighted by Gasteiger charge is -2.20. The molecule has 1 aromatic rings. The summed E-state index contributed by atoms with van der Waals surface area (Å²) in [5.74, 6) is 0.679. The van der Waals surface area contributed by atoms with Gasteiger partial charge < -0.3 is 14.7 Å². The van der Waals surface area contributed by atoms with E-state index in [-0.39, 0.29) is 12.5 Å². The molecule has 0 aliphatic rings. The summed E-state index contributed by atoms with van der Waals surface area (Å²) in [7, 11) is 1.58. The Morgan fingerprint density at radius 1 is 1.53 bits per heavy atom. The number of carbonyl (C=O) groups excluding carboxylic acids is 1. The summed E-state index contributed by atoms with van der Waals surface area (Å²) in [6, 6.07) is 1.74. The topological polar surface area (TPSA) is 49.8 Å². The summed E-state index contributed by atoms with van der Waals surface area (Å²) in [6.07, 6.45) is 1.98. The zero-order chi connectivity index (χ0) is 12.7. The molecule has 17 heavy (non-hydrogen) atoms. The second-order valence-corrected chi connectivity index (χ2v) is 4.63. The van der Waals surface area contributed by atoms with Crippen molar-refractivity contribution in [1.82, 2.24) is 4.90 Å².